The van der Waals surface area contributed by atoms with Gasteiger partial charge in [-0.25, -0.2) is 4.79 Å². The summed E-state index contributed by atoms with van der Waals surface area (Å²) in [6.07, 6.45) is 0.814. The summed E-state index contributed by atoms with van der Waals surface area (Å²) in [4.78, 5) is 24.5. The van der Waals surface area contributed by atoms with Crippen LogP contribution in [0.25, 0.3) is 11.0 Å². The Labute approximate surface area is 181 Å². The summed E-state index contributed by atoms with van der Waals surface area (Å²) in [5.74, 6) is -0.198. The number of anilines is 1. The van der Waals surface area contributed by atoms with Gasteiger partial charge in [0.25, 0.3) is 5.91 Å². The molecule has 2 aromatic carbocycles. The summed E-state index contributed by atoms with van der Waals surface area (Å²) in [7, 11) is 0. The maximum atomic E-state index is 12.5. The summed E-state index contributed by atoms with van der Waals surface area (Å²) in [5, 5.41) is 7.54. The van der Waals surface area contributed by atoms with Gasteiger partial charge in [-0.05, 0) is 69.0 Å². The molecule has 0 aliphatic rings. The van der Waals surface area contributed by atoms with Crippen LogP contribution in [0.5, 0.6) is 0 Å². The van der Waals surface area contributed by atoms with Gasteiger partial charge in [0, 0.05) is 29.2 Å². The second-order valence-electron chi connectivity index (χ2n) is 8.21. The predicted octanol–water partition coefficient (Wildman–Crippen LogP) is 5.59. The van der Waals surface area contributed by atoms with Gasteiger partial charge in [0.05, 0.1) is 10.6 Å². The van der Waals surface area contributed by atoms with Crippen LogP contribution in [0.4, 0.5) is 5.69 Å². The number of fused-ring (bicyclic) bond motifs is 1. The van der Waals surface area contributed by atoms with Crippen LogP contribution in [-0.4, -0.2) is 11.4 Å². The highest BCUT2D eigenvalue weighted by Gasteiger charge is 2.20. The number of amides is 1. The monoisotopic (exact) mass is 426 g/mol. The van der Waals surface area contributed by atoms with Crippen LogP contribution in [0, 0.1) is 13.8 Å². The zero-order valence-electron chi connectivity index (χ0n) is 18.0. The molecule has 6 heteroatoms. The van der Waals surface area contributed by atoms with E-state index < -0.39 is 0 Å². The molecule has 3 aromatic rings. The lowest BCUT2D eigenvalue weighted by atomic mass is 10.0. The molecule has 158 valence electrons. The van der Waals surface area contributed by atoms with Gasteiger partial charge in [-0.3, -0.25) is 4.79 Å². The van der Waals surface area contributed by atoms with E-state index in [9.17, 15) is 9.59 Å². The Balaban J connectivity index is 1.82. The fraction of sp³-hybridized carbons (Fsp3) is 0.333. The molecule has 0 fully saturated rings. The van der Waals surface area contributed by atoms with Crippen LogP contribution in [0.1, 0.15) is 54.2 Å². The standard InChI is InChI=1S/C24H27ClN2O3/c1-6-24(4,5)27-23(29)19-10-8-17(12-20(19)25)26-13-16-11-21(28)30-22-15(3)14(2)7-9-18(16)22/h7-12,26H,6,13H2,1-5H3,(H,27,29). The Morgan fingerprint density at radius 1 is 1.13 bits per heavy atom. The molecule has 0 saturated carbocycles. The summed E-state index contributed by atoms with van der Waals surface area (Å²) in [6, 6.07) is 10.7. The number of nitrogens with one attached hydrogen (secondary N) is 2. The lowest BCUT2D eigenvalue weighted by Crippen LogP contribution is -2.42. The number of halogens is 1. The topological polar surface area (TPSA) is 71.3 Å². The molecule has 0 aliphatic carbocycles. The van der Waals surface area contributed by atoms with Crippen molar-refractivity contribution in [1.82, 2.24) is 5.32 Å². The van der Waals surface area contributed by atoms with Crippen molar-refractivity contribution in [1.29, 1.82) is 0 Å². The third-order valence-electron chi connectivity index (χ3n) is 5.55. The maximum Gasteiger partial charge on any atom is 0.336 e. The number of aryl methyl sites for hydroxylation is 2. The average molecular weight is 427 g/mol. The number of rotatable bonds is 6. The minimum absolute atomic E-state index is 0.198. The van der Waals surface area contributed by atoms with E-state index in [1.165, 1.54) is 6.07 Å². The average Bonchev–Trinajstić information content (AvgIpc) is 2.69. The minimum atomic E-state index is -0.378. The van der Waals surface area contributed by atoms with Crippen LogP contribution in [0.15, 0.2) is 45.6 Å². The summed E-state index contributed by atoms with van der Waals surface area (Å²) < 4.78 is 5.43. The van der Waals surface area contributed by atoms with E-state index in [0.29, 0.717) is 22.7 Å². The maximum absolute atomic E-state index is 12.5. The van der Waals surface area contributed by atoms with Crippen molar-refractivity contribution in [2.75, 3.05) is 5.32 Å². The van der Waals surface area contributed by atoms with Crippen LogP contribution in [0.2, 0.25) is 5.02 Å². The van der Waals surface area contributed by atoms with Crippen molar-refractivity contribution in [2.24, 2.45) is 0 Å². The molecule has 1 heterocycles. The Morgan fingerprint density at radius 2 is 1.87 bits per heavy atom. The van der Waals surface area contributed by atoms with Gasteiger partial charge in [0.1, 0.15) is 5.58 Å². The van der Waals surface area contributed by atoms with Gasteiger partial charge < -0.3 is 15.1 Å². The van der Waals surface area contributed by atoms with Crippen molar-refractivity contribution < 1.29 is 9.21 Å². The number of hydrogen-bond acceptors (Lipinski definition) is 4. The van der Waals surface area contributed by atoms with Crippen molar-refractivity contribution in [3.05, 3.63) is 74.1 Å². The predicted molar refractivity (Wildman–Crippen MR) is 123 cm³/mol. The molecule has 5 nitrogen and oxygen atoms in total. The fourth-order valence-corrected chi connectivity index (χ4v) is 3.41. The zero-order chi connectivity index (χ0) is 22.1. The first-order chi connectivity index (χ1) is 14.1. The highest BCUT2D eigenvalue weighted by Crippen LogP contribution is 2.26. The van der Waals surface area contributed by atoms with E-state index in [1.807, 2.05) is 52.8 Å². The summed E-state index contributed by atoms with van der Waals surface area (Å²) in [6.45, 7) is 10.3. The van der Waals surface area contributed by atoms with Crippen molar-refractivity contribution in [2.45, 2.75) is 53.1 Å². The number of carbonyl (C=O) groups is 1. The molecule has 0 aliphatic heterocycles. The summed E-state index contributed by atoms with van der Waals surface area (Å²) >= 11 is 6.37. The highest BCUT2D eigenvalue weighted by atomic mass is 35.5. The zero-order valence-corrected chi connectivity index (χ0v) is 18.7. The Kier molecular flexibility index (Phi) is 6.22. The molecule has 2 N–H and O–H groups in total. The molecule has 0 spiro atoms. The molecule has 30 heavy (non-hydrogen) atoms. The highest BCUT2D eigenvalue weighted by molar-refractivity contribution is 6.34. The third-order valence-corrected chi connectivity index (χ3v) is 5.86. The molecule has 0 bridgehead atoms. The van der Waals surface area contributed by atoms with Crippen LogP contribution in [-0.2, 0) is 6.54 Å². The van der Waals surface area contributed by atoms with Crippen molar-refractivity contribution in [3.63, 3.8) is 0 Å². The van der Waals surface area contributed by atoms with E-state index in [1.54, 1.807) is 12.1 Å². The van der Waals surface area contributed by atoms with Crippen LogP contribution < -0.4 is 16.3 Å². The lowest BCUT2D eigenvalue weighted by Gasteiger charge is -2.24. The number of carbonyl (C=O) groups excluding carboxylic acids is 1. The minimum Gasteiger partial charge on any atom is -0.422 e. The molecule has 1 aromatic heterocycles. The molecule has 3 rings (SSSR count). The van der Waals surface area contributed by atoms with Gasteiger partial charge in [-0.1, -0.05) is 30.7 Å². The molecular weight excluding hydrogens is 400 g/mol. The number of hydrogen-bond donors (Lipinski definition) is 2. The Hall–Kier alpha value is -2.79. The first-order valence-corrected chi connectivity index (χ1v) is 10.4. The van der Waals surface area contributed by atoms with Gasteiger partial charge in [0.2, 0.25) is 0 Å². The molecule has 0 saturated heterocycles. The van der Waals surface area contributed by atoms with E-state index in [4.69, 9.17) is 16.0 Å². The third kappa shape index (κ3) is 4.68. The van der Waals surface area contributed by atoms with Crippen molar-refractivity contribution in [3.8, 4) is 0 Å². The van der Waals surface area contributed by atoms with Gasteiger partial charge in [-0.2, -0.15) is 0 Å². The Morgan fingerprint density at radius 3 is 2.53 bits per heavy atom. The SMILES string of the molecule is CCC(C)(C)NC(=O)c1ccc(NCc2cc(=O)oc3c(C)c(C)ccc23)cc1Cl. The van der Waals surface area contributed by atoms with Gasteiger partial charge in [-0.15, -0.1) is 0 Å². The van der Waals surface area contributed by atoms with E-state index in [2.05, 4.69) is 10.6 Å². The van der Waals surface area contributed by atoms with Crippen LogP contribution >= 0.6 is 11.6 Å². The molecule has 0 atom stereocenters. The van der Waals surface area contributed by atoms with Gasteiger partial charge >= 0.3 is 5.63 Å². The largest absolute Gasteiger partial charge is 0.422 e. The van der Waals surface area contributed by atoms with Crippen LogP contribution in [0.3, 0.4) is 0 Å². The van der Waals surface area contributed by atoms with Gasteiger partial charge in [0.15, 0.2) is 0 Å². The van der Waals surface area contributed by atoms with Crippen molar-refractivity contribution >= 4 is 34.2 Å². The van der Waals surface area contributed by atoms with E-state index >= 15 is 0 Å². The second-order valence-corrected chi connectivity index (χ2v) is 8.62. The first-order valence-electron chi connectivity index (χ1n) is 10.00. The Bertz CT molecular complexity index is 1170. The molecule has 0 radical (unpaired) electrons. The molecule has 1 amide bonds. The quantitative estimate of drug-likeness (QED) is 0.503. The second kappa shape index (κ2) is 8.52. The smallest absolute Gasteiger partial charge is 0.336 e. The van der Waals surface area contributed by atoms with E-state index in [0.717, 1.165) is 34.2 Å². The normalized spacial score (nSPS) is 11.5. The van der Waals surface area contributed by atoms with E-state index in [-0.39, 0.29) is 17.1 Å². The first kappa shape index (κ1) is 21.9. The molecular formula is C24H27ClN2O3. The number of benzene rings is 2. The lowest BCUT2D eigenvalue weighted by molar-refractivity contribution is 0.0911. The molecule has 0 unspecified atom stereocenters. The summed E-state index contributed by atoms with van der Waals surface area (Å²) in [5.41, 5.74) is 4.00. The fourth-order valence-electron chi connectivity index (χ4n) is 3.14.